The summed E-state index contributed by atoms with van der Waals surface area (Å²) in [5.41, 5.74) is 0.932. The van der Waals surface area contributed by atoms with E-state index in [2.05, 4.69) is 34.5 Å². The fourth-order valence-electron chi connectivity index (χ4n) is 2.08. The lowest BCUT2D eigenvalue weighted by atomic mass is 10.3. The van der Waals surface area contributed by atoms with Crippen LogP contribution < -0.4 is 20.1 Å². The van der Waals surface area contributed by atoms with E-state index in [1.54, 1.807) is 7.05 Å². The number of rotatable bonds is 5. The average Bonchev–Trinajstić information content (AvgIpc) is 2.78. The minimum Gasteiger partial charge on any atom is -0.490 e. The van der Waals surface area contributed by atoms with Crippen molar-refractivity contribution >= 4 is 11.6 Å². The van der Waals surface area contributed by atoms with E-state index < -0.39 is 0 Å². The maximum absolute atomic E-state index is 5.70. The summed E-state index contributed by atoms with van der Waals surface area (Å²) in [5.74, 6) is 2.33. The molecule has 1 aliphatic rings. The normalized spacial score (nSPS) is 14.6. The summed E-state index contributed by atoms with van der Waals surface area (Å²) in [6.07, 6.45) is 0.908. The van der Waals surface area contributed by atoms with E-state index in [1.807, 2.05) is 18.2 Å². The van der Waals surface area contributed by atoms with Crippen molar-refractivity contribution in [2.24, 2.45) is 4.99 Å². The molecule has 0 spiro atoms. The Hall–Kier alpha value is -1.95. The maximum Gasteiger partial charge on any atom is 0.195 e. The molecule has 6 nitrogen and oxygen atoms in total. The topological polar surface area (TPSA) is 58.1 Å². The zero-order valence-corrected chi connectivity index (χ0v) is 13.7. The van der Waals surface area contributed by atoms with E-state index in [-0.39, 0.29) is 0 Å². The number of ether oxygens (including phenoxy) is 2. The molecule has 2 N–H and O–H groups in total. The third-order valence-electron chi connectivity index (χ3n) is 3.56. The van der Waals surface area contributed by atoms with Crippen LogP contribution in [0.2, 0.25) is 0 Å². The SMILES string of the molecule is CCN(C)CCNC(=NC)Nc1ccc2c(c1)OCCCO2. The first-order chi connectivity index (χ1) is 10.7. The summed E-state index contributed by atoms with van der Waals surface area (Å²) >= 11 is 0. The summed E-state index contributed by atoms with van der Waals surface area (Å²) in [4.78, 5) is 6.48. The Balaban J connectivity index is 1.92. The van der Waals surface area contributed by atoms with E-state index in [0.717, 1.165) is 49.2 Å². The molecular weight excluding hydrogens is 280 g/mol. The lowest BCUT2D eigenvalue weighted by Crippen LogP contribution is -2.36. The Labute approximate surface area is 132 Å². The molecule has 0 aromatic heterocycles. The predicted octanol–water partition coefficient (Wildman–Crippen LogP) is 1.79. The van der Waals surface area contributed by atoms with Crippen molar-refractivity contribution in [3.8, 4) is 11.5 Å². The molecule has 122 valence electrons. The zero-order chi connectivity index (χ0) is 15.8. The van der Waals surface area contributed by atoms with Gasteiger partial charge in [-0.15, -0.1) is 0 Å². The third-order valence-corrected chi connectivity index (χ3v) is 3.56. The number of benzene rings is 1. The third kappa shape index (κ3) is 4.80. The number of guanidine groups is 1. The van der Waals surface area contributed by atoms with Crippen LogP contribution in [0.1, 0.15) is 13.3 Å². The fourth-order valence-corrected chi connectivity index (χ4v) is 2.08. The molecule has 2 rings (SSSR count). The number of aliphatic imine (C=N–C) groups is 1. The van der Waals surface area contributed by atoms with Crippen LogP contribution in [0.25, 0.3) is 0 Å². The van der Waals surface area contributed by atoms with Gasteiger partial charge in [0.25, 0.3) is 0 Å². The monoisotopic (exact) mass is 306 g/mol. The van der Waals surface area contributed by atoms with Gasteiger partial charge in [0.1, 0.15) is 0 Å². The molecular formula is C16H26N4O2. The van der Waals surface area contributed by atoms with Crippen molar-refractivity contribution in [2.75, 3.05) is 52.3 Å². The largest absolute Gasteiger partial charge is 0.490 e. The molecule has 0 aliphatic carbocycles. The van der Waals surface area contributed by atoms with Crippen molar-refractivity contribution in [3.05, 3.63) is 18.2 Å². The first-order valence-electron chi connectivity index (χ1n) is 7.78. The minimum atomic E-state index is 0.687. The lowest BCUT2D eigenvalue weighted by Gasteiger charge is -2.17. The molecule has 0 unspecified atom stereocenters. The number of hydrogen-bond donors (Lipinski definition) is 2. The number of fused-ring (bicyclic) bond motifs is 1. The van der Waals surface area contributed by atoms with Gasteiger partial charge >= 0.3 is 0 Å². The molecule has 0 fully saturated rings. The second kappa shape index (κ2) is 8.48. The van der Waals surface area contributed by atoms with Gasteiger partial charge in [0.2, 0.25) is 0 Å². The van der Waals surface area contributed by atoms with Gasteiger partial charge in [-0.25, -0.2) is 0 Å². The van der Waals surface area contributed by atoms with E-state index in [4.69, 9.17) is 9.47 Å². The second-order valence-corrected chi connectivity index (χ2v) is 5.23. The summed E-state index contributed by atoms with van der Waals surface area (Å²) < 4.78 is 11.3. The Kier molecular flexibility index (Phi) is 6.33. The average molecular weight is 306 g/mol. The van der Waals surface area contributed by atoms with Crippen molar-refractivity contribution < 1.29 is 9.47 Å². The predicted molar refractivity (Wildman–Crippen MR) is 90.2 cm³/mol. The maximum atomic E-state index is 5.70. The quantitative estimate of drug-likeness (QED) is 0.641. The van der Waals surface area contributed by atoms with Gasteiger partial charge < -0.3 is 25.0 Å². The van der Waals surface area contributed by atoms with E-state index in [0.29, 0.717) is 13.2 Å². The highest BCUT2D eigenvalue weighted by atomic mass is 16.5. The molecule has 6 heteroatoms. The Morgan fingerprint density at radius 2 is 2.05 bits per heavy atom. The van der Waals surface area contributed by atoms with Crippen LogP contribution >= 0.6 is 0 Å². The van der Waals surface area contributed by atoms with Crippen LogP contribution in [-0.4, -0.2) is 57.8 Å². The van der Waals surface area contributed by atoms with Gasteiger partial charge in [-0.05, 0) is 25.7 Å². The van der Waals surface area contributed by atoms with Crippen molar-refractivity contribution in [1.29, 1.82) is 0 Å². The Morgan fingerprint density at radius 1 is 1.27 bits per heavy atom. The van der Waals surface area contributed by atoms with Gasteiger partial charge in [-0.3, -0.25) is 4.99 Å². The summed E-state index contributed by atoms with van der Waals surface area (Å²) in [5, 5.41) is 6.58. The molecule has 0 saturated heterocycles. The molecule has 1 aromatic carbocycles. The molecule has 0 saturated carbocycles. The number of likely N-dealkylation sites (N-methyl/N-ethyl adjacent to an activating group) is 1. The van der Waals surface area contributed by atoms with Crippen LogP contribution in [0.5, 0.6) is 11.5 Å². The van der Waals surface area contributed by atoms with Crippen molar-refractivity contribution in [1.82, 2.24) is 10.2 Å². The lowest BCUT2D eigenvalue weighted by molar-refractivity contribution is 0.297. The Morgan fingerprint density at radius 3 is 2.77 bits per heavy atom. The van der Waals surface area contributed by atoms with Crippen LogP contribution in [0, 0.1) is 0 Å². The highest BCUT2D eigenvalue weighted by Gasteiger charge is 2.11. The molecule has 0 amide bonds. The minimum absolute atomic E-state index is 0.687. The van der Waals surface area contributed by atoms with Gasteiger partial charge in [0.05, 0.1) is 13.2 Å². The Bertz CT molecular complexity index is 505. The first-order valence-corrected chi connectivity index (χ1v) is 7.78. The number of nitrogens with zero attached hydrogens (tertiary/aromatic N) is 2. The van der Waals surface area contributed by atoms with Gasteiger partial charge in [-0.2, -0.15) is 0 Å². The number of anilines is 1. The van der Waals surface area contributed by atoms with Crippen LogP contribution in [0.15, 0.2) is 23.2 Å². The molecule has 0 radical (unpaired) electrons. The van der Waals surface area contributed by atoms with E-state index in [9.17, 15) is 0 Å². The van der Waals surface area contributed by atoms with Crippen LogP contribution in [0.4, 0.5) is 5.69 Å². The zero-order valence-electron chi connectivity index (χ0n) is 13.7. The highest BCUT2D eigenvalue weighted by Crippen LogP contribution is 2.32. The molecule has 1 heterocycles. The summed E-state index contributed by atoms with van der Waals surface area (Å²) in [6.45, 7) is 6.38. The van der Waals surface area contributed by atoms with Crippen molar-refractivity contribution in [2.45, 2.75) is 13.3 Å². The van der Waals surface area contributed by atoms with E-state index >= 15 is 0 Å². The fraction of sp³-hybridized carbons (Fsp3) is 0.562. The number of nitrogens with one attached hydrogen (secondary N) is 2. The van der Waals surface area contributed by atoms with Crippen LogP contribution in [0.3, 0.4) is 0 Å². The summed E-state index contributed by atoms with van der Waals surface area (Å²) in [7, 11) is 3.86. The molecule has 0 atom stereocenters. The highest BCUT2D eigenvalue weighted by molar-refractivity contribution is 5.93. The molecule has 22 heavy (non-hydrogen) atoms. The molecule has 1 aliphatic heterocycles. The second-order valence-electron chi connectivity index (χ2n) is 5.23. The van der Waals surface area contributed by atoms with Gasteiger partial charge in [0, 0.05) is 38.3 Å². The number of hydrogen-bond acceptors (Lipinski definition) is 4. The van der Waals surface area contributed by atoms with Crippen LogP contribution in [-0.2, 0) is 0 Å². The van der Waals surface area contributed by atoms with E-state index in [1.165, 1.54) is 0 Å². The smallest absolute Gasteiger partial charge is 0.195 e. The standard InChI is InChI=1S/C16H26N4O2/c1-4-20(3)9-8-18-16(17-2)19-13-6-7-14-15(12-13)22-11-5-10-21-14/h6-7,12H,4-5,8-11H2,1-3H3,(H2,17,18,19). The van der Waals surface area contributed by atoms with Gasteiger partial charge in [-0.1, -0.05) is 6.92 Å². The molecule has 0 bridgehead atoms. The first kappa shape index (κ1) is 16.4. The molecule has 1 aromatic rings. The summed E-state index contributed by atoms with van der Waals surface area (Å²) in [6, 6.07) is 5.85. The van der Waals surface area contributed by atoms with Gasteiger partial charge in [0.15, 0.2) is 17.5 Å². The van der Waals surface area contributed by atoms with Crippen molar-refractivity contribution in [3.63, 3.8) is 0 Å².